The predicted octanol–water partition coefficient (Wildman–Crippen LogP) is 1.93. The van der Waals surface area contributed by atoms with Gasteiger partial charge in [-0.3, -0.25) is 19.3 Å². The van der Waals surface area contributed by atoms with Crippen molar-refractivity contribution in [1.29, 1.82) is 0 Å². The Morgan fingerprint density at radius 1 is 1.37 bits per heavy atom. The molecule has 1 heterocycles. The Bertz CT molecular complexity index is 645. The lowest BCUT2D eigenvalue weighted by Crippen LogP contribution is -2.10. The average molecular weight is 279 g/mol. The molecule has 1 atom stereocenters. The molecular formula is C12H13N3O3S. The third-order valence-corrected chi connectivity index (χ3v) is 3.48. The van der Waals surface area contributed by atoms with Crippen LogP contribution in [-0.4, -0.2) is 32.7 Å². The van der Waals surface area contributed by atoms with Crippen LogP contribution in [0.5, 0.6) is 0 Å². The molecule has 0 aliphatic carbocycles. The number of anilines is 1. The highest BCUT2D eigenvalue weighted by molar-refractivity contribution is 7.84. The van der Waals surface area contributed by atoms with Crippen molar-refractivity contribution in [2.45, 2.75) is 0 Å². The maximum Gasteiger partial charge on any atom is 0.277 e. The van der Waals surface area contributed by atoms with Crippen LogP contribution in [0.15, 0.2) is 30.6 Å². The summed E-state index contributed by atoms with van der Waals surface area (Å²) in [4.78, 5) is 14.5. The van der Waals surface area contributed by atoms with Gasteiger partial charge in [0.1, 0.15) is 0 Å². The van der Waals surface area contributed by atoms with Crippen LogP contribution in [-0.2, 0) is 10.8 Å². The van der Waals surface area contributed by atoms with Crippen LogP contribution in [0.4, 0.5) is 11.4 Å². The molecule has 0 saturated heterocycles. The largest absolute Gasteiger partial charge is 0.384 e. The molecular weight excluding hydrogens is 266 g/mol. The number of benzene rings is 1. The number of non-ortho nitro benzene ring substituents is 1. The van der Waals surface area contributed by atoms with Gasteiger partial charge in [-0.25, -0.2) is 0 Å². The highest BCUT2D eigenvalue weighted by atomic mass is 32.2. The number of nitro groups is 1. The summed E-state index contributed by atoms with van der Waals surface area (Å²) in [5.74, 6) is 0.527. The summed E-state index contributed by atoms with van der Waals surface area (Å²) in [6.07, 6.45) is 4.75. The predicted molar refractivity (Wildman–Crippen MR) is 75.8 cm³/mol. The number of hydrogen-bond donors (Lipinski definition) is 1. The Balaban J connectivity index is 2.38. The van der Waals surface area contributed by atoms with Crippen LogP contribution in [0, 0.1) is 10.1 Å². The molecule has 7 heteroatoms. The number of fused-ring (bicyclic) bond motifs is 1. The summed E-state index contributed by atoms with van der Waals surface area (Å²) >= 11 is 0. The Hall–Kier alpha value is -2.02. The minimum absolute atomic E-state index is 0.0574. The standard InChI is InChI=1S/C12H13N3O3S/c1-19(18)7-6-14-11-2-3-12(15(16)17)9-4-5-13-8-10(9)11/h2-5,8,14H,6-7H2,1H3. The third-order valence-electron chi connectivity index (χ3n) is 2.70. The van der Waals surface area contributed by atoms with Crippen molar-refractivity contribution in [2.24, 2.45) is 0 Å². The van der Waals surface area contributed by atoms with Gasteiger partial charge in [0.2, 0.25) is 0 Å². The first-order valence-electron chi connectivity index (χ1n) is 5.64. The Kier molecular flexibility index (Phi) is 4.06. The molecule has 100 valence electrons. The molecule has 0 fully saturated rings. The topological polar surface area (TPSA) is 85.1 Å². The van der Waals surface area contributed by atoms with E-state index in [1.165, 1.54) is 12.3 Å². The molecule has 0 spiro atoms. The van der Waals surface area contributed by atoms with E-state index in [0.717, 1.165) is 5.69 Å². The Morgan fingerprint density at radius 3 is 2.84 bits per heavy atom. The molecule has 0 radical (unpaired) electrons. The van der Waals surface area contributed by atoms with Gasteiger partial charge in [0, 0.05) is 58.9 Å². The Morgan fingerprint density at radius 2 is 2.16 bits per heavy atom. The fraction of sp³-hybridized carbons (Fsp3) is 0.250. The molecule has 1 aromatic carbocycles. The third kappa shape index (κ3) is 3.05. The molecule has 2 aromatic rings. The fourth-order valence-electron chi connectivity index (χ4n) is 1.82. The van der Waals surface area contributed by atoms with Gasteiger partial charge in [-0.1, -0.05) is 0 Å². The number of hydrogen-bond acceptors (Lipinski definition) is 5. The molecule has 0 aliphatic heterocycles. The first kappa shape index (κ1) is 13.4. The van der Waals surface area contributed by atoms with Gasteiger partial charge in [0.25, 0.3) is 5.69 Å². The van der Waals surface area contributed by atoms with Crippen LogP contribution < -0.4 is 5.32 Å². The van der Waals surface area contributed by atoms with Crippen molar-refractivity contribution in [3.05, 3.63) is 40.7 Å². The summed E-state index contributed by atoms with van der Waals surface area (Å²) < 4.78 is 11.0. The molecule has 1 unspecified atom stereocenters. The van der Waals surface area contributed by atoms with Gasteiger partial charge in [-0.2, -0.15) is 0 Å². The number of pyridine rings is 1. The molecule has 6 nitrogen and oxygen atoms in total. The first-order chi connectivity index (χ1) is 9.09. The van der Waals surface area contributed by atoms with Gasteiger partial charge < -0.3 is 5.32 Å². The van der Waals surface area contributed by atoms with E-state index in [1.54, 1.807) is 24.6 Å². The van der Waals surface area contributed by atoms with Crippen molar-refractivity contribution in [1.82, 2.24) is 4.98 Å². The number of nitrogens with one attached hydrogen (secondary N) is 1. The quantitative estimate of drug-likeness (QED) is 0.667. The maximum atomic E-state index is 11.0. The first-order valence-corrected chi connectivity index (χ1v) is 7.37. The maximum absolute atomic E-state index is 11.0. The average Bonchev–Trinajstić information content (AvgIpc) is 2.38. The Labute approximate surface area is 112 Å². The second kappa shape index (κ2) is 5.75. The monoisotopic (exact) mass is 279 g/mol. The van der Waals surface area contributed by atoms with Crippen molar-refractivity contribution in [3.63, 3.8) is 0 Å². The summed E-state index contributed by atoms with van der Waals surface area (Å²) in [5.41, 5.74) is 0.821. The van der Waals surface area contributed by atoms with Crippen molar-refractivity contribution in [2.75, 3.05) is 23.9 Å². The van der Waals surface area contributed by atoms with Gasteiger partial charge in [-0.15, -0.1) is 0 Å². The van der Waals surface area contributed by atoms with E-state index in [1.807, 2.05) is 0 Å². The van der Waals surface area contributed by atoms with E-state index in [0.29, 0.717) is 23.1 Å². The molecule has 19 heavy (non-hydrogen) atoms. The van der Waals surface area contributed by atoms with Crippen LogP contribution >= 0.6 is 0 Å². The van der Waals surface area contributed by atoms with E-state index >= 15 is 0 Å². The van der Waals surface area contributed by atoms with Crippen molar-refractivity contribution < 1.29 is 9.13 Å². The van der Waals surface area contributed by atoms with E-state index in [2.05, 4.69) is 10.3 Å². The highest BCUT2D eigenvalue weighted by Gasteiger charge is 2.13. The van der Waals surface area contributed by atoms with Crippen molar-refractivity contribution >= 4 is 32.9 Å². The molecule has 1 N–H and O–H groups in total. The van der Waals surface area contributed by atoms with E-state index in [4.69, 9.17) is 0 Å². The lowest BCUT2D eigenvalue weighted by atomic mass is 10.1. The minimum atomic E-state index is -0.871. The normalized spacial score (nSPS) is 12.3. The van der Waals surface area contributed by atoms with Crippen LogP contribution in [0.2, 0.25) is 0 Å². The van der Waals surface area contributed by atoms with Gasteiger partial charge in [0.15, 0.2) is 0 Å². The van der Waals surface area contributed by atoms with E-state index < -0.39 is 15.7 Å². The molecule has 0 aliphatic rings. The summed E-state index contributed by atoms with van der Waals surface area (Å²) in [6.45, 7) is 0.547. The summed E-state index contributed by atoms with van der Waals surface area (Å²) in [5, 5.41) is 15.3. The lowest BCUT2D eigenvalue weighted by molar-refractivity contribution is -0.383. The molecule has 2 rings (SSSR count). The van der Waals surface area contributed by atoms with Gasteiger partial charge in [-0.05, 0) is 12.1 Å². The van der Waals surface area contributed by atoms with Crippen molar-refractivity contribution in [3.8, 4) is 0 Å². The molecule has 1 aromatic heterocycles. The summed E-state index contributed by atoms with van der Waals surface area (Å²) in [7, 11) is -0.871. The number of aromatic nitrogens is 1. The second-order valence-electron chi connectivity index (χ2n) is 4.01. The fourth-order valence-corrected chi connectivity index (χ4v) is 2.21. The lowest BCUT2D eigenvalue weighted by Gasteiger charge is -2.09. The van der Waals surface area contributed by atoms with Gasteiger partial charge >= 0.3 is 0 Å². The minimum Gasteiger partial charge on any atom is -0.384 e. The van der Waals surface area contributed by atoms with Crippen LogP contribution in [0.1, 0.15) is 0 Å². The van der Waals surface area contributed by atoms with E-state index in [-0.39, 0.29) is 5.69 Å². The zero-order valence-electron chi connectivity index (χ0n) is 10.3. The van der Waals surface area contributed by atoms with Crippen LogP contribution in [0.25, 0.3) is 10.8 Å². The molecule has 0 amide bonds. The van der Waals surface area contributed by atoms with Gasteiger partial charge in [0.05, 0.1) is 10.3 Å². The number of nitrogens with zero attached hydrogens (tertiary/aromatic N) is 2. The van der Waals surface area contributed by atoms with E-state index in [9.17, 15) is 14.3 Å². The highest BCUT2D eigenvalue weighted by Crippen LogP contribution is 2.30. The number of rotatable bonds is 5. The summed E-state index contributed by atoms with van der Waals surface area (Å²) in [6, 6.07) is 4.74. The SMILES string of the molecule is CS(=O)CCNc1ccc([N+](=O)[O-])c2ccncc12. The van der Waals surface area contributed by atoms with Crippen LogP contribution in [0.3, 0.4) is 0 Å². The smallest absolute Gasteiger partial charge is 0.277 e. The second-order valence-corrected chi connectivity index (χ2v) is 5.57. The zero-order valence-corrected chi connectivity index (χ0v) is 11.1. The molecule has 0 saturated carbocycles. The molecule has 0 bridgehead atoms. The number of nitro benzene ring substituents is 1. The zero-order chi connectivity index (χ0) is 13.8.